The smallest absolute Gasteiger partial charge is 0.408 e. The molecular weight excluding hydrogens is 226 g/mol. The van der Waals surface area contributed by atoms with E-state index in [9.17, 15) is 4.79 Å². The molecule has 0 fully saturated rings. The highest BCUT2D eigenvalue weighted by atomic mass is 16.6. The number of benzene rings is 1. The van der Waals surface area contributed by atoms with Crippen LogP contribution in [0.15, 0.2) is 24.3 Å². The van der Waals surface area contributed by atoms with Gasteiger partial charge in [0, 0.05) is 0 Å². The standard InChI is InChI=1S/C15H23NO2/c1-6-12(3)18-14(17)16-15(4,5)13-9-7-8-11(2)10-13/h7-10,12H,6H2,1-5H3,(H,16,17). The predicted octanol–water partition coefficient (Wildman–Crippen LogP) is 3.75. The fraction of sp³-hybridized carbons (Fsp3) is 0.533. The fourth-order valence-electron chi connectivity index (χ4n) is 1.66. The monoisotopic (exact) mass is 249 g/mol. The number of aryl methyl sites for hydroxylation is 1. The maximum Gasteiger partial charge on any atom is 0.408 e. The van der Waals surface area contributed by atoms with Gasteiger partial charge in [-0.3, -0.25) is 0 Å². The molecule has 1 amide bonds. The SMILES string of the molecule is CCC(C)OC(=O)NC(C)(C)c1cccc(C)c1. The molecule has 0 bridgehead atoms. The Labute approximate surface area is 110 Å². The lowest BCUT2D eigenvalue weighted by molar-refractivity contribution is 0.0966. The molecule has 0 radical (unpaired) electrons. The van der Waals surface area contributed by atoms with E-state index in [0.717, 1.165) is 12.0 Å². The van der Waals surface area contributed by atoms with Gasteiger partial charge in [0.05, 0.1) is 5.54 Å². The average molecular weight is 249 g/mol. The molecule has 0 aliphatic heterocycles. The minimum Gasteiger partial charge on any atom is -0.447 e. The molecule has 0 aliphatic carbocycles. The third kappa shape index (κ3) is 4.06. The van der Waals surface area contributed by atoms with Crippen LogP contribution in [-0.2, 0) is 10.3 Å². The lowest BCUT2D eigenvalue weighted by atomic mass is 9.93. The maximum atomic E-state index is 11.8. The second-order valence-corrected chi connectivity index (χ2v) is 5.24. The largest absolute Gasteiger partial charge is 0.447 e. The van der Waals surface area contributed by atoms with Gasteiger partial charge in [0.2, 0.25) is 0 Å². The molecule has 0 spiro atoms. The van der Waals surface area contributed by atoms with E-state index in [-0.39, 0.29) is 12.2 Å². The lowest BCUT2D eigenvalue weighted by Crippen LogP contribution is -2.42. The van der Waals surface area contributed by atoms with Crippen molar-refractivity contribution in [3.63, 3.8) is 0 Å². The summed E-state index contributed by atoms with van der Waals surface area (Å²) in [5.41, 5.74) is 1.82. The number of rotatable bonds is 4. The zero-order chi connectivity index (χ0) is 13.8. The Hall–Kier alpha value is -1.51. The van der Waals surface area contributed by atoms with Crippen LogP contribution in [0.25, 0.3) is 0 Å². The quantitative estimate of drug-likeness (QED) is 0.882. The Bertz CT molecular complexity index is 413. The molecule has 1 atom stereocenters. The zero-order valence-electron chi connectivity index (χ0n) is 11.9. The van der Waals surface area contributed by atoms with E-state index in [2.05, 4.69) is 11.4 Å². The normalized spacial score (nSPS) is 12.9. The van der Waals surface area contributed by atoms with Crippen molar-refractivity contribution in [1.82, 2.24) is 5.32 Å². The zero-order valence-corrected chi connectivity index (χ0v) is 11.9. The van der Waals surface area contributed by atoms with Gasteiger partial charge in [-0.15, -0.1) is 0 Å². The highest BCUT2D eigenvalue weighted by Gasteiger charge is 2.24. The van der Waals surface area contributed by atoms with Crippen molar-refractivity contribution in [3.8, 4) is 0 Å². The van der Waals surface area contributed by atoms with Crippen molar-refractivity contribution in [2.75, 3.05) is 0 Å². The molecule has 0 aromatic heterocycles. The van der Waals surface area contributed by atoms with Gasteiger partial charge in [-0.1, -0.05) is 36.8 Å². The maximum absolute atomic E-state index is 11.8. The molecule has 18 heavy (non-hydrogen) atoms. The minimum absolute atomic E-state index is 0.0571. The summed E-state index contributed by atoms with van der Waals surface area (Å²) in [7, 11) is 0. The number of alkyl carbamates (subject to hydrolysis) is 1. The van der Waals surface area contributed by atoms with Gasteiger partial charge in [-0.25, -0.2) is 4.79 Å². The predicted molar refractivity (Wildman–Crippen MR) is 73.6 cm³/mol. The number of amides is 1. The van der Waals surface area contributed by atoms with E-state index in [1.54, 1.807) is 0 Å². The molecule has 0 aliphatic rings. The van der Waals surface area contributed by atoms with Crippen LogP contribution in [0, 0.1) is 6.92 Å². The lowest BCUT2D eigenvalue weighted by Gasteiger charge is -2.27. The van der Waals surface area contributed by atoms with Crippen molar-refractivity contribution in [1.29, 1.82) is 0 Å². The van der Waals surface area contributed by atoms with Gasteiger partial charge in [0.1, 0.15) is 6.10 Å². The van der Waals surface area contributed by atoms with Crippen molar-refractivity contribution in [2.24, 2.45) is 0 Å². The molecule has 3 nitrogen and oxygen atoms in total. The number of nitrogens with one attached hydrogen (secondary N) is 1. The molecule has 0 heterocycles. The molecule has 3 heteroatoms. The van der Waals surface area contributed by atoms with Crippen LogP contribution in [0.3, 0.4) is 0 Å². The van der Waals surface area contributed by atoms with Crippen molar-refractivity contribution >= 4 is 6.09 Å². The topological polar surface area (TPSA) is 38.3 Å². The summed E-state index contributed by atoms with van der Waals surface area (Å²) in [4.78, 5) is 11.8. The highest BCUT2D eigenvalue weighted by Crippen LogP contribution is 2.21. The van der Waals surface area contributed by atoms with Crippen LogP contribution in [-0.4, -0.2) is 12.2 Å². The molecule has 0 saturated heterocycles. The first-order chi connectivity index (χ1) is 8.35. The Morgan fingerprint density at radius 3 is 2.67 bits per heavy atom. The Morgan fingerprint density at radius 2 is 2.11 bits per heavy atom. The van der Waals surface area contributed by atoms with Crippen LogP contribution < -0.4 is 5.32 Å². The first kappa shape index (κ1) is 14.6. The number of ether oxygens (including phenoxy) is 1. The van der Waals surface area contributed by atoms with Crippen molar-refractivity contribution in [3.05, 3.63) is 35.4 Å². The van der Waals surface area contributed by atoms with E-state index in [1.165, 1.54) is 5.56 Å². The molecule has 1 rings (SSSR count). The summed E-state index contributed by atoms with van der Waals surface area (Å²) in [6, 6.07) is 8.12. The molecule has 1 N–H and O–H groups in total. The summed E-state index contributed by atoms with van der Waals surface area (Å²) in [5, 5.41) is 2.90. The molecule has 0 saturated carbocycles. The number of carbonyl (C=O) groups excluding carboxylic acids is 1. The Kier molecular flexibility index (Phi) is 4.76. The third-order valence-corrected chi connectivity index (χ3v) is 3.04. The summed E-state index contributed by atoms with van der Waals surface area (Å²) in [5.74, 6) is 0. The van der Waals surface area contributed by atoms with E-state index in [0.29, 0.717) is 0 Å². The molecule has 100 valence electrons. The molecule has 1 unspecified atom stereocenters. The first-order valence-corrected chi connectivity index (χ1v) is 6.41. The summed E-state index contributed by atoms with van der Waals surface area (Å²) >= 11 is 0. The van der Waals surface area contributed by atoms with Gasteiger partial charge in [0.15, 0.2) is 0 Å². The fourth-order valence-corrected chi connectivity index (χ4v) is 1.66. The average Bonchev–Trinajstić information content (AvgIpc) is 2.28. The van der Waals surface area contributed by atoms with E-state index < -0.39 is 5.54 Å². The minimum atomic E-state index is -0.434. The third-order valence-electron chi connectivity index (χ3n) is 3.04. The van der Waals surface area contributed by atoms with E-state index >= 15 is 0 Å². The van der Waals surface area contributed by atoms with Crippen LogP contribution in [0.2, 0.25) is 0 Å². The van der Waals surface area contributed by atoms with Crippen LogP contribution in [0.5, 0.6) is 0 Å². The number of hydrogen-bond acceptors (Lipinski definition) is 2. The number of hydrogen-bond donors (Lipinski definition) is 1. The summed E-state index contributed by atoms with van der Waals surface area (Å²) < 4.78 is 5.24. The van der Waals surface area contributed by atoms with Crippen molar-refractivity contribution in [2.45, 2.75) is 52.7 Å². The van der Waals surface area contributed by atoms with Crippen molar-refractivity contribution < 1.29 is 9.53 Å². The second kappa shape index (κ2) is 5.89. The first-order valence-electron chi connectivity index (χ1n) is 6.41. The summed E-state index contributed by atoms with van der Waals surface area (Å²) in [6.45, 7) is 9.86. The molecular formula is C15H23NO2. The second-order valence-electron chi connectivity index (χ2n) is 5.24. The van der Waals surface area contributed by atoms with Gasteiger partial charge in [0.25, 0.3) is 0 Å². The van der Waals surface area contributed by atoms with Gasteiger partial charge < -0.3 is 10.1 Å². The van der Waals surface area contributed by atoms with Crippen LogP contribution >= 0.6 is 0 Å². The molecule has 1 aromatic rings. The summed E-state index contributed by atoms with van der Waals surface area (Å²) in [6.07, 6.45) is 0.396. The Morgan fingerprint density at radius 1 is 1.44 bits per heavy atom. The molecule has 1 aromatic carbocycles. The highest BCUT2D eigenvalue weighted by molar-refractivity contribution is 5.68. The van der Waals surface area contributed by atoms with Crippen LogP contribution in [0.1, 0.15) is 45.2 Å². The number of carbonyl (C=O) groups is 1. The van der Waals surface area contributed by atoms with Crippen LogP contribution in [0.4, 0.5) is 4.79 Å². The van der Waals surface area contributed by atoms with Gasteiger partial charge in [-0.05, 0) is 39.7 Å². The van der Waals surface area contributed by atoms with Gasteiger partial charge in [-0.2, -0.15) is 0 Å². The van der Waals surface area contributed by atoms with E-state index in [1.807, 2.05) is 52.8 Å². The van der Waals surface area contributed by atoms with Gasteiger partial charge >= 0.3 is 6.09 Å². The Balaban J connectivity index is 2.72. The van der Waals surface area contributed by atoms with E-state index in [4.69, 9.17) is 4.74 Å².